The third-order valence-electron chi connectivity index (χ3n) is 5.71. The Morgan fingerprint density at radius 3 is 2.30 bits per heavy atom. The monoisotopic (exact) mass is 389 g/mol. The Morgan fingerprint density at radius 1 is 0.767 bits per heavy atom. The summed E-state index contributed by atoms with van der Waals surface area (Å²) in [6.45, 7) is 6.59. The molecule has 0 N–H and O–H groups in total. The molecule has 0 unspecified atom stereocenters. The molecule has 5 aromatic rings. The molecule has 0 fully saturated rings. The highest BCUT2D eigenvalue weighted by Crippen LogP contribution is 2.52. The van der Waals surface area contributed by atoms with Crippen LogP contribution in [0.3, 0.4) is 0 Å². The zero-order valence-corrected chi connectivity index (χ0v) is 16.5. The molecule has 1 aliphatic heterocycles. The molecule has 1 aliphatic rings. The van der Waals surface area contributed by atoms with Crippen LogP contribution >= 0.6 is 0 Å². The van der Waals surface area contributed by atoms with Gasteiger partial charge in [-0.1, -0.05) is 42.5 Å². The first-order chi connectivity index (χ1) is 14.7. The molecule has 4 heteroatoms. The standard InChI is InChI=1S/C26H19N3O/c1-17-14-15-20-21-11-8-16-27-26(21)30-25(20)24(17)29-18(2)28(19-9-4-3-5-10-19)22-12-6-7-13-23(22)29/h3-16H,2H2,1H3. The SMILES string of the molecule is [CH2][C]1N(c2ccccc2)c2ccccc2N1c1c(C)ccc2c1oc1ncccc12. The quantitative estimate of drug-likeness (QED) is 0.329. The lowest BCUT2D eigenvalue weighted by atomic mass is 10.1. The molecule has 0 amide bonds. The molecule has 30 heavy (non-hydrogen) atoms. The molecule has 0 saturated heterocycles. The molecular weight excluding hydrogens is 370 g/mol. The number of furan rings is 1. The van der Waals surface area contributed by atoms with Gasteiger partial charge in [-0.15, -0.1) is 0 Å². The smallest absolute Gasteiger partial charge is 0.227 e. The third kappa shape index (κ3) is 2.31. The van der Waals surface area contributed by atoms with Crippen molar-refractivity contribution in [2.24, 2.45) is 0 Å². The molecule has 2 radical (unpaired) electrons. The number of anilines is 4. The number of rotatable bonds is 2. The number of aryl methyl sites for hydroxylation is 1. The minimum Gasteiger partial charge on any atom is -0.435 e. The summed E-state index contributed by atoms with van der Waals surface area (Å²) in [7, 11) is 0. The van der Waals surface area contributed by atoms with E-state index in [-0.39, 0.29) is 0 Å². The van der Waals surface area contributed by atoms with Gasteiger partial charge in [0, 0.05) is 22.7 Å². The zero-order chi connectivity index (χ0) is 20.2. The molecule has 0 atom stereocenters. The van der Waals surface area contributed by atoms with E-state index < -0.39 is 0 Å². The van der Waals surface area contributed by atoms with Crippen molar-refractivity contribution < 1.29 is 4.42 Å². The highest BCUT2D eigenvalue weighted by Gasteiger charge is 2.38. The predicted octanol–water partition coefficient (Wildman–Crippen LogP) is 6.90. The predicted molar refractivity (Wildman–Crippen MR) is 122 cm³/mol. The van der Waals surface area contributed by atoms with Crippen molar-refractivity contribution in [1.82, 2.24) is 4.98 Å². The normalized spacial score (nSPS) is 14.1. The molecular formula is C26H19N3O. The van der Waals surface area contributed by atoms with Crippen LogP contribution in [-0.4, -0.2) is 4.98 Å². The van der Waals surface area contributed by atoms with Gasteiger partial charge in [0.2, 0.25) is 5.71 Å². The largest absolute Gasteiger partial charge is 0.435 e. The van der Waals surface area contributed by atoms with E-state index >= 15 is 0 Å². The number of nitrogens with zero attached hydrogens (tertiary/aromatic N) is 3. The molecule has 3 aromatic carbocycles. The van der Waals surface area contributed by atoms with Gasteiger partial charge in [-0.05, 0) is 55.8 Å². The fraction of sp³-hybridized carbons (Fsp3) is 0.0385. The minimum absolute atomic E-state index is 0.650. The number of hydrogen-bond acceptors (Lipinski definition) is 4. The van der Waals surface area contributed by atoms with Gasteiger partial charge >= 0.3 is 0 Å². The lowest BCUT2D eigenvalue weighted by molar-refractivity contribution is 0.653. The Balaban J connectivity index is 1.63. The summed E-state index contributed by atoms with van der Waals surface area (Å²) in [6.07, 6.45) is 2.63. The first-order valence-electron chi connectivity index (χ1n) is 9.94. The maximum atomic E-state index is 6.27. The first kappa shape index (κ1) is 17.1. The highest BCUT2D eigenvalue weighted by atomic mass is 16.3. The molecule has 4 nitrogen and oxygen atoms in total. The van der Waals surface area contributed by atoms with E-state index in [2.05, 4.69) is 83.2 Å². The van der Waals surface area contributed by atoms with Crippen molar-refractivity contribution in [3.05, 3.63) is 104 Å². The Bertz CT molecular complexity index is 1390. The average molecular weight is 389 g/mol. The summed E-state index contributed by atoms with van der Waals surface area (Å²) in [6, 6.07) is 26.9. The van der Waals surface area contributed by atoms with Gasteiger partial charge in [0.1, 0.15) is 0 Å². The van der Waals surface area contributed by atoms with Crippen LogP contribution in [-0.2, 0) is 0 Å². The van der Waals surface area contributed by atoms with Gasteiger partial charge in [-0.3, -0.25) is 0 Å². The van der Waals surface area contributed by atoms with Crippen LogP contribution in [0.2, 0.25) is 0 Å². The van der Waals surface area contributed by atoms with Gasteiger partial charge in [0.05, 0.1) is 17.1 Å². The van der Waals surface area contributed by atoms with Crippen molar-refractivity contribution in [3.8, 4) is 0 Å². The van der Waals surface area contributed by atoms with Gasteiger partial charge in [-0.25, -0.2) is 4.98 Å². The van der Waals surface area contributed by atoms with Crippen LogP contribution in [0.1, 0.15) is 5.56 Å². The molecule has 0 bridgehead atoms. The fourth-order valence-electron chi connectivity index (χ4n) is 4.37. The van der Waals surface area contributed by atoms with Gasteiger partial charge in [0.15, 0.2) is 11.7 Å². The van der Waals surface area contributed by atoms with E-state index in [9.17, 15) is 0 Å². The highest BCUT2D eigenvalue weighted by molar-refractivity contribution is 6.10. The topological polar surface area (TPSA) is 32.5 Å². The summed E-state index contributed by atoms with van der Waals surface area (Å²) in [5.41, 5.74) is 6.85. The molecule has 0 saturated carbocycles. The second kappa shape index (κ2) is 6.36. The lowest BCUT2D eigenvalue weighted by Crippen LogP contribution is -2.28. The van der Waals surface area contributed by atoms with E-state index in [4.69, 9.17) is 4.42 Å². The summed E-state index contributed by atoms with van der Waals surface area (Å²) < 4.78 is 6.27. The first-order valence-corrected chi connectivity index (χ1v) is 9.94. The van der Waals surface area contributed by atoms with Crippen molar-refractivity contribution in [2.45, 2.75) is 6.92 Å². The maximum Gasteiger partial charge on any atom is 0.227 e. The van der Waals surface area contributed by atoms with Crippen LogP contribution < -0.4 is 9.80 Å². The molecule has 144 valence electrons. The Morgan fingerprint density at radius 2 is 1.50 bits per heavy atom. The van der Waals surface area contributed by atoms with Crippen LogP contribution in [0.25, 0.3) is 22.1 Å². The molecule has 0 spiro atoms. The summed E-state index contributed by atoms with van der Waals surface area (Å²) in [5.74, 6) is 0. The number of fused-ring (bicyclic) bond motifs is 4. The minimum atomic E-state index is 0.650. The summed E-state index contributed by atoms with van der Waals surface area (Å²) in [4.78, 5) is 8.81. The molecule has 6 rings (SSSR count). The molecule has 2 aromatic heterocycles. The van der Waals surface area contributed by atoms with Crippen LogP contribution in [0, 0.1) is 20.0 Å². The second-order valence-electron chi connectivity index (χ2n) is 7.48. The number of benzene rings is 3. The van der Waals surface area contributed by atoms with Crippen molar-refractivity contribution in [1.29, 1.82) is 0 Å². The van der Waals surface area contributed by atoms with E-state index in [0.29, 0.717) is 5.71 Å². The number of para-hydroxylation sites is 3. The third-order valence-corrected chi connectivity index (χ3v) is 5.71. The number of aromatic nitrogens is 1. The number of pyridine rings is 1. The average Bonchev–Trinajstić information content (AvgIpc) is 3.29. The fourth-order valence-corrected chi connectivity index (χ4v) is 4.37. The van der Waals surface area contributed by atoms with E-state index in [1.807, 2.05) is 24.3 Å². The van der Waals surface area contributed by atoms with Crippen molar-refractivity contribution in [2.75, 3.05) is 9.80 Å². The van der Waals surface area contributed by atoms with Gasteiger partial charge < -0.3 is 14.2 Å². The van der Waals surface area contributed by atoms with Crippen molar-refractivity contribution >= 4 is 44.8 Å². The Labute approximate surface area is 175 Å². The van der Waals surface area contributed by atoms with Crippen LogP contribution in [0.5, 0.6) is 0 Å². The molecule has 0 aliphatic carbocycles. The van der Waals surface area contributed by atoms with E-state index in [1.54, 1.807) is 6.20 Å². The van der Waals surface area contributed by atoms with Crippen LogP contribution in [0.4, 0.5) is 22.7 Å². The maximum absolute atomic E-state index is 6.27. The summed E-state index contributed by atoms with van der Waals surface area (Å²) in [5, 5.41) is 2.08. The second-order valence-corrected chi connectivity index (χ2v) is 7.48. The van der Waals surface area contributed by atoms with Gasteiger partial charge in [0.25, 0.3) is 0 Å². The van der Waals surface area contributed by atoms with E-state index in [0.717, 1.165) is 50.8 Å². The zero-order valence-electron chi connectivity index (χ0n) is 16.5. The lowest BCUT2D eigenvalue weighted by Gasteiger charge is -2.29. The van der Waals surface area contributed by atoms with Crippen LogP contribution in [0.15, 0.2) is 89.5 Å². The molecule has 3 heterocycles. The van der Waals surface area contributed by atoms with Crippen molar-refractivity contribution in [3.63, 3.8) is 0 Å². The van der Waals surface area contributed by atoms with E-state index in [1.165, 1.54) is 0 Å². The number of hydrogen-bond donors (Lipinski definition) is 0. The summed E-state index contributed by atoms with van der Waals surface area (Å²) >= 11 is 0. The Kier molecular flexibility index (Phi) is 3.62. The Hall–Kier alpha value is -3.79. The van der Waals surface area contributed by atoms with Gasteiger partial charge in [-0.2, -0.15) is 0 Å².